The molecular weight excluding hydrogens is 312 g/mol. The van der Waals surface area contributed by atoms with Gasteiger partial charge in [0.1, 0.15) is 5.82 Å². The van der Waals surface area contributed by atoms with Crippen molar-refractivity contribution < 1.29 is 9.72 Å². The van der Waals surface area contributed by atoms with Crippen LogP contribution < -0.4 is 10.9 Å². The number of rotatable bonds is 2. The zero-order chi connectivity index (χ0) is 16.8. The Hall–Kier alpha value is -3.16. The molecule has 8 nitrogen and oxygen atoms in total. The number of anilines is 1. The lowest BCUT2D eigenvalue weighted by atomic mass is 9.77. The van der Waals surface area contributed by atoms with Crippen LogP contribution in [0.25, 0.3) is 0 Å². The first-order valence-electron chi connectivity index (χ1n) is 7.64. The molecule has 2 aromatic rings. The van der Waals surface area contributed by atoms with Crippen molar-refractivity contribution in [3.05, 3.63) is 67.1 Å². The predicted molar refractivity (Wildman–Crippen MR) is 85.9 cm³/mol. The number of carbonyl (C=O) groups is 1. The van der Waals surface area contributed by atoms with E-state index in [0.29, 0.717) is 35.4 Å². The van der Waals surface area contributed by atoms with Crippen LogP contribution in [-0.2, 0) is 4.79 Å². The Morgan fingerprint density at radius 2 is 2.00 bits per heavy atom. The molecule has 0 fully saturated rings. The van der Waals surface area contributed by atoms with Gasteiger partial charge in [-0.3, -0.25) is 29.9 Å². The normalized spacial score (nSPS) is 19.5. The van der Waals surface area contributed by atoms with Crippen LogP contribution >= 0.6 is 0 Å². The summed E-state index contributed by atoms with van der Waals surface area (Å²) in [6.45, 7) is 0. The number of nitrogens with zero attached hydrogens (tertiary/aromatic N) is 1. The van der Waals surface area contributed by atoms with Gasteiger partial charge >= 0.3 is 0 Å². The topological polar surface area (TPSA) is 121 Å². The second-order valence-corrected chi connectivity index (χ2v) is 5.95. The first-order valence-corrected chi connectivity index (χ1v) is 7.64. The average molecular weight is 326 g/mol. The summed E-state index contributed by atoms with van der Waals surface area (Å²) in [5.41, 5.74) is 1.89. The maximum absolute atomic E-state index is 12.5. The monoisotopic (exact) mass is 326 g/mol. The number of carbonyl (C=O) groups excluding carboxylic acids is 1. The van der Waals surface area contributed by atoms with E-state index in [-0.39, 0.29) is 17.0 Å². The standard InChI is InChI=1S/C16H14N4O4/c21-11-6-2-5-10-13(11)12(14-15(17-10)18-19-16(14)22)8-3-1-4-9(7-8)20(23)24/h1,3-4,7,12H,2,5-6H2,(H3,17,18,19,22)/t12-/m1/s1. The summed E-state index contributed by atoms with van der Waals surface area (Å²) in [7, 11) is 0. The summed E-state index contributed by atoms with van der Waals surface area (Å²) in [6, 6.07) is 6.11. The van der Waals surface area contributed by atoms with Crippen molar-refractivity contribution in [2.45, 2.75) is 25.2 Å². The first kappa shape index (κ1) is 14.4. The molecule has 0 unspecified atom stereocenters. The van der Waals surface area contributed by atoms with E-state index in [1.165, 1.54) is 12.1 Å². The Morgan fingerprint density at radius 1 is 1.17 bits per heavy atom. The molecule has 2 aliphatic rings. The molecule has 0 spiro atoms. The molecule has 0 saturated carbocycles. The van der Waals surface area contributed by atoms with E-state index in [9.17, 15) is 19.7 Å². The summed E-state index contributed by atoms with van der Waals surface area (Å²) in [5, 5.41) is 19.5. The highest BCUT2D eigenvalue weighted by atomic mass is 16.6. The smallest absolute Gasteiger partial charge is 0.270 e. The Kier molecular flexibility index (Phi) is 3.12. The van der Waals surface area contributed by atoms with Gasteiger partial charge in [-0.25, -0.2) is 0 Å². The fourth-order valence-corrected chi connectivity index (χ4v) is 3.52. The van der Waals surface area contributed by atoms with Gasteiger partial charge in [-0.05, 0) is 18.4 Å². The molecule has 0 saturated heterocycles. The molecule has 0 bridgehead atoms. The van der Waals surface area contributed by atoms with E-state index in [1.807, 2.05) is 0 Å². The van der Waals surface area contributed by atoms with E-state index in [1.54, 1.807) is 12.1 Å². The van der Waals surface area contributed by atoms with Crippen LogP contribution in [0.2, 0.25) is 0 Å². The van der Waals surface area contributed by atoms with Crippen molar-refractivity contribution in [2.75, 3.05) is 5.32 Å². The summed E-state index contributed by atoms with van der Waals surface area (Å²) in [5.74, 6) is -0.101. The maximum Gasteiger partial charge on any atom is 0.270 e. The third kappa shape index (κ3) is 2.07. The van der Waals surface area contributed by atoms with Gasteiger partial charge in [0.05, 0.1) is 10.5 Å². The number of H-pyrrole nitrogens is 2. The number of nitro groups is 1. The number of hydrogen-bond donors (Lipinski definition) is 3. The van der Waals surface area contributed by atoms with Gasteiger partial charge in [0, 0.05) is 35.7 Å². The van der Waals surface area contributed by atoms with Gasteiger partial charge < -0.3 is 5.32 Å². The van der Waals surface area contributed by atoms with Gasteiger partial charge in [0.25, 0.3) is 11.2 Å². The number of allylic oxidation sites excluding steroid dienone is 2. The third-order valence-corrected chi connectivity index (χ3v) is 4.54. The molecule has 1 aromatic carbocycles. The van der Waals surface area contributed by atoms with E-state index >= 15 is 0 Å². The molecule has 1 atom stereocenters. The van der Waals surface area contributed by atoms with Crippen molar-refractivity contribution in [1.82, 2.24) is 10.2 Å². The number of benzene rings is 1. The van der Waals surface area contributed by atoms with Gasteiger partial charge in [-0.15, -0.1) is 0 Å². The van der Waals surface area contributed by atoms with Crippen LogP contribution in [0.1, 0.15) is 36.3 Å². The van der Waals surface area contributed by atoms with Crippen molar-refractivity contribution in [2.24, 2.45) is 0 Å². The molecule has 24 heavy (non-hydrogen) atoms. The first-order chi connectivity index (χ1) is 11.6. The molecule has 122 valence electrons. The molecule has 1 aromatic heterocycles. The number of aromatic nitrogens is 2. The quantitative estimate of drug-likeness (QED) is 0.577. The molecule has 0 amide bonds. The number of non-ortho nitro benzene ring substituents is 1. The van der Waals surface area contributed by atoms with E-state index in [0.717, 1.165) is 12.1 Å². The zero-order valence-corrected chi connectivity index (χ0v) is 12.6. The number of Topliss-reactive ketones (excluding diaryl/α,β-unsaturated/α-hetero) is 1. The summed E-state index contributed by atoms with van der Waals surface area (Å²) >= 11 is 0. The van der Waals surface area contributed by atoms with Crippen LogP contribution in [-0.4, -0.2) is 20.9 Å². The predicted octanol–water partition coefficient (Wildman–Crippen LogP) is 2.18. The Balaban J connectivity index is 1.96. The van der Waals surface area contributed by atoms with Crippen LogP contribution in [0.15, 0.2) is 40.3 Å². The Morgan fingerprint density at radius 3 is 2.79 bits per heavy atom. The number of hydrogen-bond acceptors (Lipinski definition) is 5. The Bertz CT molecular complexity index is 953. The summed E-state index contributed by atoms with van der Waals surface area (Å²) in [4.78, 5) is 35.4. The lowest BCUT2D eigenvalue weighted by molar-refractivity contribution is -0.384. The van der Waals surface area contributed by atoms with E-state index in [4.69, 9.17) is 0 Å². The van der Waals surface area contributed by atoms with Crippen molar-refractivity contribution >= 4 is 17.3 Å². The minimum Gasteiger partial charge on any atom is -0.343 e. The van der Waals surface area contributed by atoms with Gasteiger partial charge in [0.2, 0.25) is 0 Å². The van der Waals surface area contributed by atoms with Crippen LogP contribution in [0.4, 0.5) is 11.5 Å². The van der Waals surface area contributed by atoms with Gasteiger partial charge in [-0.2, -0.15) is 0 Å². The number of aromatic amines is 2. The fraction of sp³-hybridized carbons (Fsp3) is 0.250. The Labute approximate surface area is 135 Å². The van der Waals surface area contributed by atoms with Crippen LogP contribution in [0, 0.1) is 10.1 Å². The third-order valence-electron chi connectivity index (χ3n) is 4.54. The molecule has 0 radical (unpaired) electrons. The highest BCUT2D eigenvalue weighted by Crippen LogP contribution is 2.43. The lowest BCUT2D eigenvalue weighted by Gasteiger charge is -2.31. The highest BCUT2D eigenvalue weighted by molar-refractivity contribution is 6.00. The van der Waals surface area contributed by atoms with Crippen LogP contribution in [0.5, 0.6) is 0 Å². The van der Waals surface area contributed by atoms with E-state index < -0.39 is 10.8 Å². The highest BCUT2D eigenvalue weighted by Gasteiger charge is 2.38. The maximum atomic E-state index is 12.5. The zero-order valence-electron chi connectivity index (χ0n) is 12.6. The van der Waals surface area contributed by atoms with Crippen molar-refractivity contribution in [3.63, 3.8) is 0 Å². The molecule has 8 heteroatoms. The number of ketones is 1. The minimum atomic E-state index is -0.598. The SMILES string of the molecule is O=C1CCCC2=C1[C@@H](c1cccc([N+](=O)[O-])c1)c1c([nH][nH]c1=O)N2. The molecule has 1 aliphatic heterocycles. The second-order valence-electron chi connectivity index (χ2n) is 5.95. The van der Waals surface area contributed by atoms with Gasteiger partial charge in [-0.1, -0.05) is 12.1 Å². The molecule has 3 N–H and O–H groups in total. The molecular formula is C16H14N4O4. The van der Waals surface area contributed by atoms with Crippen LogP contribution in [0.3, 0.4) is 0 Å². The molecule has 2 heterocycles. The van der Waals surface area contributed by atoms with Crippen molar-refractivity contribution in [3.8, 4) is 0 Å². The largest absolute Gasteiger partial charge is 0.343 e. The summed E-state index contributed by atoms with van der Waals surface area (Å²) < 4.78 is 0. The minimum absolute atomic E-state index is 0.0218. The number of nitrogens with one attached hydrogen (secondary N) is 3. The average Bonchev–Trinajstić information content (AvgIpc) is 2.94. The summed E-state index contributed by atoms with van der Waals surface area (Å²) in [6.07, 6.45) is 1.87. The number of fused-ring (bicyclic) bond motifs is 1. The van der Waals surface area contributed by atoms with E-state index in [2.05, 4.69) is 15.5 Å². The second kappa shape index (κ2) is 5.19. The molecule has 4 rings (SSSR count). The van der Waals surface area contributed by atoms with Crippen molar-refractivity contribution in [1.29, 1.82) is 0 Å². The lowest BCUT2D eigenvalue weighted by Crippen LogP contribution is -2.29. The fourth-order valence-electron chi connectivity index (χ4n) is 3.52. The molecule has 1 aliphatic carbocycles. The van der Waals surface area contributed by atoms with Gasteiger partial charge in [0.15, 0.2) is 5.78 Å². The number of nitro benzene ring substituents is 1.